The van der Waals surface area contributed by atoms with E-state index in [-0.39, 0.29) is 0 Å². The number of carbonyl (C=O) groups excluding carboxylic acids is 1. The van der Waals surface area contributed by atoms with E-state index < -0.39 is 6.03 Å². The van der Waals surface area contributed by atoms with Gasteiger partial charge in [-0.05, 0) is 14.0 Å². The van der Waals surface area contributed by atoms with Gasteiger partial charge in [-0.2, -0.15) is 5.10 Å². The fourth-order valence-electron chi connectivity index (χ4n) is 1.66. The lowest BCUT2D eigenvalue weighted by Gasteiger charge is -2.34. The van der Waals surface area contributed by atoms with Gasteiger partial charge in [0.05, 0.1) is 0 Å². The van der Waals surface area contributed by atoms with Gasteiger partial charge >= 0.3 is 6.03 Å². The summed E-state index contributed by atoms with van der Waals surface area (Å²) in [5, 5.41) is 4.01. The topological polar surface area (TPSA) is 70.7 Å². The van der Waals surface area contributed by atoms with E-state index >= 15 is 0 Å². The molecule has 1 heterocycles. The summed E-state index contributed by atoms with van der Waals surface area (Å²) in [7, 11) is 2.10. The zero-order valence-corrected chi connectivity index (χ0v) is 8.95. The molecular formula is C9H18N4O. The molecule has 2 amide bonds. The van der Waals surface area contributed by atoms with Crippen LogP contribution in [0.15, 0.2) is 5.10 Å². The smallest absolute Gasteiger partial charge is 0.332 e. The Morgan fingerprint density at radius 3 is 2.86 bits per heavy atom. The normalized spacial score (nSPS) is 31.8. The molecule has 0 aliphatic carbocycles. The first-order chi connectivity index (χ1) is 6.50. The molecule has 0 saturated carbocycles. The molecule has 0 bridgehead atoms. The number of nitrogens with two attached hydrogens (primary N) is 1. The quantitative estimate of drug-likeness (QED) is 0.598. The summed E-state index contributed by atoms with van der Waals surface area (Å²) in [6.07, 6.45) is 0.887. The number of hydrogen-bond donors (Lipinski definition) is 2. The number of amides is 2. The van der Waals surface area contributed by atoms with Gasteiger partial charge in [0.25, 0.3) is 0 Å². The van der Waals surface area contributed by atoms with Crippen molar-refractivity contribution in [3.63, 3.8) is 0 Å². The SMILES string of the molecule is CC1CN(C)C(C)CC1=NNC(N)=O. The number of carbonyl (C=O) groups is 1. The zero-order valence-electron chi connectivity index (χ0n) is 8.95. The highest BCUT2D eigenvalue weighted by Gasteiger charge is 2.25. The lowest BCUT2D eigenvalue weighted by molar-refractivity contribution is 0.224. The molecule has 80 valence electrons. The molecular weight excluding hydrogens is 180 g/mol. The van der Waals surface area contributed by atoms with Crippen LogP contribution in [0, 0.1) is 5.92 Å². The molecule has 2 atom stereocenters. The van der Waals surface area contributed by atoms with Crippen molar-refractivity contribution >= 4 is 11.7 Å². The predicted molar refractivity (Wildman–Crippen MR) is 56.0 cm³/mol. The average Bonchev–Trinajstić information content (AvgIpc) is 2.09. The van der Waals surface area contributed by atoms with Crippen molar-refractivity contribution in [3.8, 4) is 0 Å². The maximum atomic E-state index is 10.5. The van der Waals surface area contributed by atoms with E-state index in [0.717, 1.165) is 18.7 Å². The Balaban J connectivity index is 2.60. The number of piperidine rings is 1. The van der Waals surface area contributed by atoms with Gasteiger partial charge in [0, 0.05) is 30.6 Å². The first-order valence-corrected chi connectivity index (χ1v) is 4.83. The number of primary amides is 1. The fraction of sp³-hybridized carbons (Fsp3) is 0.778. The van der Waals surface area contributed by atoms with Crippen LogP contribution in [0.5, 0.6) is 0 Å². The van der Waals surface area contributed by atoms with E-state index in [0.29, 0.717) is 12.0 Å². The zero-order chi connectivity index (χ0) is 10.7. The maximum absolute atomic E-state index is 10.5. The molecule has 14 heavy (non-hydrogen) atoms. The van der Waals surface area contributed by atoms with Crippen LogP contribution >= 0.6 is 0 Å². The average molecular weight is 198 g/mol. The maximum Gasteiger partial charge on any atom is 0.332 e. The molecule has 0 aromatic heterocycles. The van der Waals surface area contributed by atoms with Gasteiger partial charge in [0.2, 0.25) is 0 Å². The van der Waals surface area contributed by atoms with Crippen molar-refractivity contribution in [2.24, 2.45) is 16.8 Å². The fourth-order valence-corrected chi connectivity index (χ4v) is 1.66. The van der Waals surface area contributed by atoms with Crippen molar-refractivity contribution < 1.29 is 4.79 Å². The summed E-state index contributed by atoms with van der Waals surface area (Å²) in [5.74, 6) is 0.378. The molecule has 1 saturated heterocycles. The van der Waals surface area contributed by atoms with Gasteiger partial charge in [-0.3, -0.25) is 0 Å². The lowest BCUT2D eigenvalue weighted by atomic mass is 9.93. The molecule has 0 aromatic carbocycles. The van der Waals surface area contributed by atoms with Crippen molar-refractivity contribution in [1.82, 2.24) is 10.3 Å². The van der Waals surface area contributed by atoms with Gasteiger partial charge in [-0.25, -0.2) is 10.2 Å². The summed E-state index contributed by atoms with van der Waals surface area (Å²) >= 11 is 0. The minimum Gasteiger partial charge on any atom is -0.350 e. The summed E-state index contributed by atoms with van der Waals surface area (Å²) in [6.45, 7) is 5.22. The number of nitrogens with zero attached hydrogens (tertiary/aromatic N) is 2. The number of nitrogens with one attached hydrogen (secondary N) is 1. The predicted octanol–water partition coefficient (Wildman–Crippen LogP) is 0.371. The Kier molecular flexibility index (Phi) is 3.46. The van der Waals surface area contributed by atoms with Crippen LogP contribution in [0.2, 0.25) is 0 Å². The highest BCUT2D eigenvalue weighted by molar-refractivity contribution is 5.89. The van der Waals surface area contributed by atoms with E-state index in [4.69, 9.17) is 5.73 Å². The molecule has 1 aliphatic rings. The van der Waals surface area contributed by atoms with Gasteiger partial charge in [0.15, 0.2) is 0 Å². The molecule has 0 aromatic rings. The Hall–Kier alpha value is -1.10. The van der Waals surface area contributed by atoms with Crippen molar-refractivity contribution in [3.05, 3.63) is 0 Å². The lowest BCUT2D eigenvalue weighted by Crippen LogP contribution is -2.44. The van der Waals surface area contributed by atoms with E-state index in [1.807, 2.05) is 0 Å². The second-order valence-corrected chi connectivity index (χ2v) is 3.97. The summed E-state index contributed by atoms with van der Waals surface area (Å²) in [6, 6.07) is -0.129. The third kappa shape index (κ3) is 2.70. The van der Waals surface area contributed by atoms with E-state index in [1.165, 1.54) is 0 Å². The highest BCUT2D eigenvalue weighted by Crippen LogP contribution is 2.17. The number of hydrogen-bond acceptors (Lipinski definition) is 3. The summed E-state index contributed by atoms with van der Waals surface area (Å²) < 4.78 is 0. The third-order valence-electron chi connectivity index (χ3n) is 2.70. The molecule has 2 unspecified atom stereocenters. The Morgan fingerprint density at radius 2 is 2.29 bits per heavy atom. The second kappa shape index (κ2) is 4.41. The minimum absolute atomic E-state index is 0.378. The van der Waals surface area contributed by atoms with Crippen LogP contribution in [0.3, 0.4) is 0 Å². The van der Waals surface area contributed by atoms with Crippen LogP contribution < -0.4 is 11.2 Å². The van der Waals surface area contributed by atoms with Gasteiger partial charge in [-0.1, -0.05) is 6.92 Å². The van der Waals surface area contributed by atoms with Crippen LogP contribution in [0.1, 0.15) is 20.3 Å². The van der Waals surface area contributed by atoms with Crippen molar-refractivity contribution in [2.45, 2.75) is 26.3 Å². The number of urea groups is 1. The largest absolute Gasteiger partial charge is 0.350 e. The van der Waals surface area contributed by atoms with E-state index in [2.05, 4.69) is 36.3 Å². The van der Waals surface area contributed by atoms with E-state index in [9.17, 15) is 4.79 Å². The second-order valence-electron chi connectivity index (χ2n) is 3.97. The van der Waals surface area contributed by atoms with Crippen LogP contribution in [-0.2, 0) is 0 Å². The van der Waals surface area contributed by atoms with Crippen molar-refractivity contribution in [1.29, 1.82) is 0 Å². The Labute approximate surface area is 84.3 Å². The number of hydrazone groups is 1. The van der Waals surface area contributed by atoms with Crippen molar-refractivity contribution in [2.75, 3.05) is 13.6 Å². The van der Waals surface area contributed by atoms with Gasteiger partial charge in [0.1, 0.15) is 0 Å². The molecule has 5 heteroatoms. The summed E-state index contributed by atoms with van der Waals surface area (Å²) in [4.78, 5) is 12.8. The Morgan fingerprint density at radius 1 is 1.64 bits per heavy atom. The third-order valence-corrected chi connectivity index (χ3v) is 2.70. The van der Waals surface area contributed by atoms with Crippen LogP contribution in [0.4, 0.5) is 4.79 Å². The monoisotopic (exact) mass is 198 g/mol. The number of rotatable bonds is 1. The van der Waals surface area contributed by atoms with Gasteiger partial charge in [-0.15, -0.1) is 0 Å². The molecule has 0 spiro atoms. The first-order valence-electron chi connectivity index (χ1n) is 4.83. The number of likely N-dealkylation sites (tertiary alicyclic amines) is 1. The molecule has 1 aliphatic heterocycles. The molecule has 3 N–H and O–H groups in total. The molecule has 5 nitrogen and oxygen atoms in total. The molecule has 0 radical (unpaired) electrons. The molecule has 1 fully saturated rings. The first kappa shape index (κ1) is 11.0. The minimum atomic E-state index is -0.601. The Bertz CT molecular complexity index is 251. The van der Waals surface area contributed by atoms with E-state index in [1.54, 1.807) is 0 Å². The van der Waals surface area contributed by atoms with Gasteiger partial charge < -0.3 is 10.6 Å². The summed E-state index contributed by atoms with van der Waals surface area (Å²) in [5.41, 5.74) is 8.26. The van der Waals surface area contributed by atoms with Crippen LogP contribution in [0.25, 0.3) is 0 Å². The molecule has 1 rings (SSSR count). The highest BCUT2D eigenvalue weighted by atomic mass is 16.2. The standard InChI is InChI=1S/C9H18N4O/c1-6-5-13(3)7(2)4-8(6)11-12-9(10)14/h6-7H,4-5H2,1-3H3,(H3,10,12,14). The van der Waals surface area contributed by atoms with Crippen LogP contribution in [-0.4, -0.2) is 36.3 Å².